The lowest BCUT2D eigenvalue weighted by Gasteiger charge is -2.39. The first kappa shape index (κ1) is 24.0. The molecule has 1 fully saturated rings. The van der Waals surface area contributed by atoms with Crippen molar-refractivity contribution in [3.05, 3.63) is 47.9 Å². The van der Waals surface area contributed by atoms with Gasteiger partial charge in [0.05, 0.1) is 23.6 Å². The molecule has 2 aromatic heterocycles. The van der Waals surface area contributed by atoms with Crippen molar-refractivity contribution in [3.63, 3.8) is 0 Å². The fraction of sp³-hybridized carbons (Fsp3) is 0.440. The Morgan fingerprint density at radius 3 is 2.75 bits per heavy atom. The molecule has 1 aromatic carbocycles. The van der Waals surface area contributed by atoms with Gasteiger partial charge in [0.15, 0.2) is 5.65 Å². The number of nitrogens with zero attached hydrogens (tertiary/aromatic N) is 5. The highest BCUT2D eigenvalue weighted by Crippen LogP contribution is 2.42. The molecule has 3 aromatic rings. The van der Waals surface area contributed by atoms with Crippen molar-refractivity contribution in [2.45, 2.75) is 38.3 Å². The number of piperazine rings is 1. The van der Waals surface area contributed by atoms with Gasteiger partial charge in [-0.15, -0.1) is 0 Å². The van der Waals surface area contributed by atoms with Crippen molar-refractivity contribution in [3.8, 4) is 5.75 Å². The number of aromatic nitrogens is 3. The molecule has 4 N–H and O–H groups in total. The average Bonchev–Trinajstić information content (AvgIpc) is 3.41. The third-order valence-corrected chi connectivity index (χ3v) is 6.78. The van der Waals surface area contributed by atoms with E-state index in [1.807, 2.05) is 30.9 Å². The summed E-state index contributed by atoms with van der Waals surface area (Å²) in [6, 6.07) is 5.23. The van der Waals surface area contributed by atoms with Crippen LogP contribution in [0.4, 0.5) is 11.4 Å². The second-order valence-electron chi connectivity index (χ2n) is 9.87. The number of carbonyl (C=O) groups is 2. The quantitative estimate of drug-likeness (QED) is 0.444. The topological polar surface area (TPSA) is 138 Å². The van der Waals surface area contributed by atoms with Crippen LogP contribution in [0.5, 0.6) is 5.75 Å². The van der Waals surface area contributed by atoms with E-state index >= 15 is 0 Å². The zero-order valence-electron chi connectivity index (χ0n) is 20.5. The highest BCUT2D eigenvalue weighted by molar-refractivity contribution is 6.09. The molecule has 36 heavy (non-hydrogen) atoms. The maximum absolute atomic E-state index is 13.3. The summed E-state index contributed by atoms with van der Waals surface area (Å²) in [6.07, 6.45) is 5.94. The van der Waals surface area contributed by atoms with E-state index in [1.54, 1.807) is 23.0 Å². The predicted molar refractivity (Wildman–Crippen MR) is 134 cm³/mol. The largest absolute Gasteiger partial charge is 0.487 e. The van der Waals surface area contributed by atoms with Crippen LogP contribution in [0.15, 0.2) is 36.8 Å². The third-order valence-electron chi connectivity index (χ3n) is 6.78. The molecule has 2 amide bonds. The van der Waals surface area contributed by atoms with Crippen molar-refractivity contribution >= 4 is 28.8 Å². The van der Waals surface area contributed by atoms with Gasteiger partial charge in [-0.2, -0.15) is 5.10 Å². The normalized spacial score (nSPS) is 18.0. The van der Waals surface area contributed by atoms with Gasteiger partial charge in [-0.1, -0.05) is 0 Å². The highest BCUT2D eigenvalue weighted by atomic mass is 16.5. The molecule has 0 saturated carbocycles. The molecule has 4 heterocycles. The summed E-state index contributed by atoms with van der Waals surface area (Å²) in [7, 11) is 0. The minimum atomic E-state index is -0.497. The van der Waals surface area contributed by atoms with Crippen LogP contribution in [0.3, 0.4) is 0 Å². The number of nitrogens with two attached hydrogens (primary N) is 1. The summed E-state index contributed by atoms with van der Waals surface area (Å²) in [5.74, 6) is 0.0856. The van der Waals surface area contributed by atoms with Crippen LogP contribution < -0.4 is 20.7 Å². The van der Waals surface area contributed by atoms with Gasteiger partial charge < -0.3 is 25.8 Å². The number of nitrogens with one attached hydrogen (secondary N) is 1. The number of amides is 2. The lowest BCUT2D eigenvalue weighted by molar-refractivity contribution is -0.124. The van der Waals surface area contributed by atoms with E-state index in [2.05, 4.69) is 20.3 Å². The molecule has 0 spiro atoms. The Kier molecular flexibility index (Phi) is 6.27. The van der Waals surface area contributed by atoms with Crippen LogP contribution in [0.2, 0.25) is 0 Å². The highest BCUT2D eigenvalue weighted by Gasteiger charge is 2.33. The molecule has 1 saturated heterocycles. The molecule has 0 unspecified atom stereocenters. The van der Waals surface area contributed by atoms with Gasteiger partial charge in [-0.25, -0.2) is 9.50 Å². The molecule has 2 aliphatic rings. The van der Waals surface area contributed by atoms with Gasteiger partial charge in [-0.05, 0) is 32.4 Å². The Labute approximate surface area is 208 Å². The van der Waals surface area contributed by atoms with Crippen molar-refractivity contribution in [1.29, 1.82) is 0 Å². The molecule has 1 atom stereocenters. The first-order valence-corrected chi connectivity index (χ1v) is 12.1. The first-order valence-electron chi connectivity index (χ1n) is 12.1. The number of ether oxygens (including phenoxy) is 1. The van der Waals surface area contributed by atoms with E-state index in [1.165, 1.54) is 6.20 Å². The van der Waals surface area contributed by atoms with E-state index < -0.39 is 11.9 Å². The van der Waals surface area contributed by atoms with Crippen LogP contribution in [0.25, 0.3) is 5.65 Å². The summed E-state index contributed by atoms with van der Waals surface area (Å²) in [6.45, 7) is 6.43. The Morgan fingerprint density at radius 1 is 1.25 bits per heavy atom. The zero-order valence-corrected chi connectivity index (χ0v) is 20.5. The standard InChI is InChI=1S/C25H31N7O4/c1-25(2)14-16-12-18(29-24(35)17-15-28-32-6-3-5-27-23(17)32)20(13-21(16)36-25)31-9-7-30(8-10-31)19(4-11-33)22(26)34/h3,5-6,12-13,15,19,33H,4,7-11,14H2,1-2H3,(H2,26,34)(H,29,35)/t19-/m0/s1. The van der Waals surface area contributed by atoms with Gasteiger partial charge >= 0.3 is 0 Å². The van der Waals surface area contributed by atoms with E-state index in [-0.39, 0.29) is 18.1 Å². The number of aliphatic hydroxyl groups excluding tert-OH is 1. The molecule has 11 heteroatoms. The van der Waals surface area contributed by atoms with Crippen LogP contribution >= 0.6 is 0 Å². The van der Waals surface area contributed by atoms with Gasteiger partial charge in [-0.3, -0.25) is 14.5 Å². The second-order valence-corrected chi connectivity index (χ2v) is 9.87. The van der Waals surface area contributed by atoms with Gasteiger partial charge in [0.2, 0.25) is 5.91 Å². The van der Waals surface area contributed by atoms with E-state index in [0.717, 1.165) is 23.4 Å². The fourth-order valence-electron chi connectivity index (χ4n) is 5.08. The molecule has 5 rings (SSSR count). The second kappa shape index (κ2) is 9.40. The summed E-state index contributed by atoms with van der Waals surface area (Å²) in [5.41, 5.74) is 8.68. The number of carbonyl (C=O) groups excluding carboxylic acids is 2. The van der Waals surface area contributed by atoms with Crippen molar-refractivity contribution in [1.82, 2.24) is 19.5 Å². The summed E-state index contributed by atoms with van der Waals surface area (Å²) in [4.78, 5) is 33.7. The average molecular weight is 494 g/mol. The molecular weight excluding hydrogens is 462 g/mol. The first-order chi connectivity index (χ1) is 17.3. The maximum atomic E-state index is 13.3. The van der Waals surface area contributed by atoms with Crippen LogP contribution in [-0.4, -0.2) is 80.8 Å². The number of hydrogen-bond acceptors (Lipinski definition) is 8. The number of aliphatic hydroxyl groups is 1. The molecule has 0 aliphatic carbocycles. The number of benzene rings is 1. The number of rotatable bonds is 7. The maximum Gasteiger partial charge on any atom is 0.261 e. The van der Waals surface area contributed by atoms with Crippen molar-refractivity contribution < 1.29 is 19.4 Å². The Balaban J connectivity index is 1.42. The zero-order chi connectivity index (χ0) is 25.4. The SMILES string of the molecule is CC1(C)Cc2cc(NC(=O)c3cnn4cccnc34)c(N3CCN([C@@H](CCO)C(N)=O)CC3)cc2O1. The van der Waals surface area contributed by atoms with Crippen molar-refractivity contribution in [2.75, 3.05) is 43.0 Å². The summed E-state index contributed by atoms with van der Waals surface area (Å²) >= 11 is 0. The lowest BCUT2D eigenvalue weighted by atomic mass is 10.0. The third kappa shape index (κ3) is 4.59. The minimum absolute atomic E-state index is 0.0969. The van der Waals surface area contributed by atoms with E-state index in [9.17, 15) is 14.7 Å². The monoisotopic (exact) mass is 493 g/mol. The van der Waals surface area contributed by atoms with Crippen LogP contribution in [0.1, 0.15) is 36.2 Å². The number of primary amides is 1. The predicted octanol–water partition coefficient (Wildman–Crippen LogP) is 1.05. The van der Waals surface area contributed by atoms with Crippen molar-refractivity contribution in [2.24, 2.45) is 5.73 Å². The van der Waals surface area contributed by atoms with Gasteiger partial charge in [0.1, 0.15) is 16.9 Å². The molecule has 2 aliphatic heterocycles. The van der Waals surface area contributed by atoms with E-state index in [0.29, 0.717) is 49.5 Å². The van der Waals surface area contributed by atoms with Crippen LogP contribution in [0, 0.1) is 0 Å². The molecule has 0 bridgehead atoms. The van der Waals surface area contributed by atoms with E-state index in [4.69, 9.17) is 10.5 Å². The van der Waals surface area contributed by atoms with Gasteiger partial charge in [0.25, 0.3) is 5.91 Å². The minimum Gasteiger partial charge on any atom is -0.487 e. The fourth-order valence-corrected chi connectivity index (χ4v) is 5.08. The lowest BCUT2D eigenvalue weighted by Crippen LogP contribution is -2.54. The Bertz CT molecular complexity index is 1300. The number of fused-ring (bicyclic) bond motifs is 2. The Hall–Kier alpha value is -3.70. The summed E-state index contributed by atoms with van der Waals surface area (Å²) < 4.78 is 7.74. The smallest absolute Gasteiger partial charge is 0.261 e. The molecule has 11 nitrogen and oxygen atoms in total. The number of anilines is 2. The molecule has 190 valence electrons. The van der Waals surface area contributed by atoms with Gasteiger partial charge in [0, 0.05) is 63.2 Å². The Morgan fingerprint density at radius 2 is 2.03 bits per heavy atom. The number of hydrogen-bond donors (Lipinski definition) is 3. The molecular formula is C25H31N7O4. The molecule has 0 radical (unpaired) electrons. The van der Waals surface area contributed by atoms with Crippen LogP contribution in [-0.2, 0) is 11.2 Å². The summed E-state index contributed by atoms with van der Waals surface area (Å²) in [5, 5.41) is 16.6.